The standard InChI is InChI=1S/C15H19N3O/c1-19-15-6-2-5-14(10-15)18(9-7-16)12-13-4-3-8-17-11-13/h2-6,8,10-11H,7,9,12,16H2,1H3. The molecule has 19 heavy (non-hydrogen) atoms. The predicted octanol–water partition coefficient (Wildman–Crippen LogP) is 2.06. The molecule has 4 heteroatoms. The molecule has 1 aromatic heterocycles. The third-order valence-corrected chi connectivity index (χ3v) is 2.91. The molecule has 0 spiro atoms. The maximum atomic E-state index is 5.70. The topological polar surface area (TPSA) is 51.4 Å². The summed E-state index contributed by atoms with van der Waals surface area (Å²) in [5, 5.41) is 0. The lowest BCUT2D eigenvalue weighted by molar-refractivity contribution is 0.414. The van der Waals surface area contributed by atoms with Gasteiger partial charge in [-0.3, -0.25) is 4.98 Å². The predicted molar refractivity (Wildman–Crippen MR) is 77.3 cm³/mol. The minimum atomic E-state index is 0.609. The van der Waals surface area contributed by atoms with Gasteiger partial charge in [-0.25, -0.2) is 0 Å². The van der Waals surface area contributed by atoms with E-state index in [-0.39, 0.29) is 0 Å². The molecule has 1 heterocycles. The number of aromatic nitrogens is 1. The molecule has 0 aliphatic carbocycles. The Labute approximate surface area is 113 Å². The molecule has 0 saturated carbocycles. The number of hydrogen-bond donors (Lipinski definition) is 1. The van der Waals surface area contributed by atoms with E-state index in [1.165, 1.54) is 5.56 Å². The van der Waals surface area contributed by atoms with Gasteiger partial charge in [-0.2, -0.15) is 0 Å². The molecule has 2 rings (SSSR count). The average Bonchev–Trinajstić information content (AvgIpc) is 2.48. The van der Waals surface area contributed by atoms with Crippen molar-refractivity contribution >= 4 is 5.69 Å². The van der Waals surface area contributed by atoms with Crippen molar-refractivity contribution in [3.63, 3.8) is 0 Å². The van der Waals surface area contributed by atoms with Crippen LogP contribution in [0.4, 0.5) is 5.69 Å². The fourth-order valence-electron chi connectivity index (χ4n) is 1.97. The summed E-state index contributed by atoms with van der Waals surface area (Å²) in [5.74, 6) is 0.853. The van der Waals surface area contributed by atoms with Gasteiger partial charge in [0.25, 0.3) is 0 Å². The number of anilines is 1. The highest BCUT2D eigenvalue weighted by molar-refractivity contribution is 5.51. The van der Waals surface area contributed by atoms with Crippen molar-refractivity contribution in [1.82, 2.24) is 4.98 Å². The summed E-state index contributed by atoms with van der Waals surface area (Å²) in [6.45, 7) is 2.19. The number of hydrogen-bond acceptors (Lipinski definition) is 4. The first kappa shape index (κ1) is 13.4. The Morgan fingerprint density at radius 3 is 2.84 bits per heavy atom. The summed E-state index contributed by atoms with van der Waals surface area (Å²) in [6.07, 6.45) is 3.66. The normalized spacial score (nSPS) is 10.2. The van der Waals surface area contributed by atoms with E-state index >= 15 is 0 Å². The molecule has 4 nitrogen and oxygen atoms in total. The second kappa shape index (κ2) is 6.75. The van der Waals surface area contributed by atoms with Gasteiger partial charge in [-0.05, 0) is 23.8 Å². The highest BCUT2D eigenvalue weighted by Crippen LogP contribution is 2.22. The Bertz CT molecular complexity index is 502. The van der Waals surface area contributed by atoms with Gasteiger partial charge >= 0.3 is 0 Å². The molecule has 2 aromatic rings. The summed E-state index contributed by atoms with van der Waals surface area (Å²) < 4.78 is 5.26. The zero-order chi connectivity index (χ0) is 13.5. The maximum absolute atomic E-state index is 5.70. The van der Waals surface area contributed by atoms with E-state index in [4.69, 9.17) is 10.5 Å². The van der Waals surface area contributed by atoms with Crippen molar-refractivity contribution in [2.75, 3.05) is 25.1 Å². The molecular weight excluding hydrogens is 238 g/mol. The number of nitrogens with two attached hydrogens (primary N) is 1. The van der Waals surface area contributed by atoms with Gasteiger partial charge in [0.15, 0.2) is 0 Å². The lowest BCUT2D eigenvalue weighted by Gasteiger charge is -2.24. The number of rotatable bonds is 6. The zero-order valence-electron chi connectivity index (χ0n) is 11.1. The molecule has 0 unspecified atom stereocenters. The number of methoxy groups -OCH3 is 1. The SMILES string of the molecule is COc1cccc(N(CCN)Cc2cccnc2)c1. The van der Waals surface area contributed by atoms with Crippen molar-refractivity contribution < 1.29 is 4.74 Å². The lowest BCUT2D eigenvalue weighted by atomic mass is 10.2. The summed E-state index contributed by atoms with van der Waals surface area (Å²) >= 11 is 0. The van der Waals surface area contributed by atoms with E-state index in [2.05, 4.69) is 22.0 Å². The van der Waals surface area contributed by atoms with Gasteiger partial charge in [0.05, 0.1) is 7.11 Å². The van der Waals surface area contributed by atoms with Gasteiger partial charge in [-0.15, -0.1) is 0 Å². The molecular formula is C15H19N3O. The Balaban J connectivity index is 2.19. The summed E-state index contributed by atoms with van der Waals surface area (Å²) in [7, 11) is 1.67. The zero-order valence-corrected chi connectivity index (χ0v) is 11.1. The van der Waals surface area contributed by atoms with Crippen LogP contribution in [0.25, 0.3) is 0 Å². The molecule has 0 saturated heterocycles. The molecule has 0 amide bonds. The Morgan fingerprint density at radius 2 is 2.16 bits per heavy atom. The summed E-state index contributed by atoms with van der Waals surface area (Å²) in [5.41, 5.74) is 7.97. The first-order valence-electron chi connectivity index (χ1n) is 6.31. The van der Waals surface area contributed by atoms with E-state index in [9.17, 15) is 0 Å². The molecule has 0 aliphatic rings. The van der Waals surface area contributed by atoms with Crippen LogP contribution in [-0.4, -0.2) is 25.2 Å². The quantitative estimate of drug-likeness (QED) is 0.860. The van der Waals surface area contributed by atoms with Crippen LogP contribution in [0.1, 0.15) is 5.56 Å². The van der Waals surface area contributed by atoms with Gasteiger partial charge < -0.3 is 15.4 Å². The van der Waals surface area contributed by atoms with Crippen LogP contribution in [0.3, 0.4) is 0 Å². The Hall–Kier alpha value is -2.07. The minimum absolute atomic E-state index is 0.609. The minimum Gasteiger partial charge on any atom is -0.497 e. The fourth-order valence-corrected chi connectivity index (χ4v) is 1.97. The van der Waals surface area contributed by atoms with Crippen molar-refractivity contribution in [1.29, 1.82) is 0 Å². The lowest BCUT2D eigenvalue weighted by Crippen LogP contribution is -2.28. The summed E-state index contributed by atoms with van der Waals surface area (Å²) in [6, 6.07) is 12.0. The first-order valence-corrected chi connectivity index (χ1v) is 6.31. The molecule has 2 N–H and O–H groups in total. The van der Waals surface area contributed by atoms with E-state index in [0.29, 0.717) is 6.54 Å². The van der Waals surface area contributed by atoms with Crippen molar-refractivity contribution in [2.45, 2.75) is 6.54 Å². The summed E-state index contributed by atoms with van der Waals surface area (Å²) in [4.78, 5) is 6.36. The highest BCUT2D eigenvalue weighted by atomic mass is 16.5. The molecule has 100 valence electrons. The molecule has 1 aromatic carbocycles. The van der Waals surface area contributed by atoms with E-state index in [1.54, 1.807) is 13.3 Å². The molecule has 0 radical (unpaired) electrons. The van der Waals surface area contributed by atoms with Crippen LogP contribution in [0.15, 0.2) is 48.8 Å². The van der Waals surface area contributed by atoms with E-state index in [1.807, 2.05) is 30.5 Å². The van der Waals surface area contributed by atoms with Crippen LogP contribution >= 0.6 is 0 Å². The van der Waals surface area contributed by atoms with Gasteiger partial charge in [0.2, 0.25) is 0 Å². The second-order valence-corrected chi connectivity index (χ2v) is 4.27. The second-order valence-electron chi connectivity index (χ2n) is 4.27. The van der Waals surface area contributed by atoms with Gasteiger partial charge in [-0.1, -0.05) is 12.1 Å². The Morgan fingerprint density at radius 1 is 1.26 bits per heavy atom. The maximum Gasteiger partial charge on any atom is 0.120 e. The van der Waals surface area contributed by atoms with Crippen LogP contribution in [0.2, 0.25) is 0 Å². The van der Waals surface area contributed by atoms with Crippen molar-refractivity contribution in [3.8, 4) is 5.75 Å². The van der Waals surface area contributed by atoms with Crippen molar-refractivity contribution in [3.05, 3.63) is 54.4 Å². The van der Waals surface area contributed by atoms with Crippen molar-refractivity contribution in [2.24, 2.45) is 5.73 Å². The van der Waals surface area contributed by atoms with Gasteiger partial charge in [0.1, 0.15) is 5.75 Å². The number of pyridine rings is 1. The third kappa shape index (κ3) is 3.69. The number of benzene rings is 1. The molecule has 0 fully saturated rings. The molecule has 0 bridgehead atoms. The van der Waals surface area contributed by atoms with Gasteiger partial charge in [0, 0.05) is 43.8 Å². The first-order chi connectivity index (χ1) is 9.33. The number of ether oxygens (including phenoxy) is 1. The Kier molecular flexibility index (Phi) is 4.75. The fraction of sp³-hybridized carbons (Fsp3) is 0.267. The van der Waals surface area contributed by atoms with Crippen LogP contribution < -0.4 is 15.4 Å². The van der Waals surface area contributed by atoms with Crippen LogP contribution in [0.5, 0.6) is 5.75 Å². The average molecular weight is 257 g/mol. The third-order valence-electron chi connectivity index (χ3n) is 2.91. The van der Waals surface area contributed by atoms with Crippen LogP contribution in [0, 0.1) is 0 Å². The van der Waals surface area contributed by atoms with E-state index in [0.717, 1.165) is 24.5 Å². The largest absolute Gasteiger partial charge is 0.497 e. The van der Waals surface area contributed by atoms with Crippen LogP contribution in [-0.2, 0) is 6.54 Å². The highest BCUT2D eigenvalue weighted by Gasteiger charge is 2.07. The monoisotopic (exact) mass is 257 g/mol. The smallest absolute Gasteiger partial charge is 0.120 e. The molecule has 0 aliphatic heterocycles. The van der Waals surface area contributed by atoms with E-state index < -0.39 is 0 Å². The number of nitrogens with zero attached hydrogens (tertiary/aromatic N) is 2. The molecule has 0 atom stereocenters.